The van der Waals surface area contributed by atoms with E-state index in [4.69, 9.17) is 11.6 Å². The molecule has 2 N–H and O–H groups in total. The van der Waals surface area contributed by atoms with Gasteiger partial charge in [-0.1, -0.05) is 54.1 Å². The number of anilines is 1. The molecule has 0 aliphatic heterocycles. The van der Waals surface area contributed by atoms with Gasteiger partial charge < -0.3 is 10.6 Å². The van der Waals surface area contributed by atoms with Crippen molar-refractivity contribution in [2.45, 2.75) is 0 Å². The van der Waals surface area contributed by atoms with E-state index in [1.54, 1.807) is 30.3 Å². The van der Waals surface area contributed by atoms with Crippen LogP contribution in [0.15, 0.2) is 60.7 Å². The molecule has 5 heteroatoms. The van der Waals surface area contributed by atoms with Crippen molar-refractivity contribution in [3.05, 3.63) is 71.3 Å². The largest absolute Gasteiger partial charge is 0.343 e. The van der Waals surface area contributed by atoms with E-state index in [0.717, 1.165) is 5.56 Å². The van der Waals surface area contributed by atoms with Crippen molar-refractivity contribution in [1.82, 2.24) is 5.32 Å². The maximum absolute atomic E-state index is 11.7. The number of amides is 2. The number of para-hydroxylation sites is 1. The third-order valence-corrected chi connectivity index (χ3v) is 3.13. The van der Waals surface area contributed by atoms with Crippen LogP contribution in [0.2, 0.25) is 5.02 Å². The lowest BCUT2D eigenvalue weighted by Gasteiger charge is -2.07. The summed E-state index contributed by atoms with van der Waals surface area (Å²) in [5, 5.41) is 5.59. The fraction of sp³-hybridized carbons (Fsp3) is 0.0588. The highest BCUT2D eigenvalue weighted by molar-refractivity contribution is 6.33. The molecular weight excluding hydrogens is 300 g/mol. The number of halogens is 1. The first-order valence-corrected chi connectivity index (χ1v) is 7.08. The highest BCUT2D eigenvalue weighted by Crippen LogP contribution is 2.19. The fourth-order valence-electron chi connectivity index (χ4n) is 1.72. The highest BCUT2D eigenvalue weighted by atomic mass is 35.5. The molecule has 112 valence electrons. The van der Waals surface area contributed by atoms with Crippen molar-refractivity contribution in [3.63, 3.8) is 0 Å². The van der Waals surface area contributed by atoms with Crippen LogP contribution in [0.3, 0.4) is 0 Å². The van der Waals surface area contributed by atoms with Gasteiger partial charge in [0.25, 0.3) is 0 Å². The van der Waals surface area contributed by atoms with Crippen molar-refractivity contribution in [2.24, 2.45) is 0 Å². The van der Waals surface area contributed by atoms with Gasteiger partial charge in [-0.3, -0.25) is 9.59 Å². The van der Waals surface area contributed by atoms with Crippen molar-refractivity contribution in [1.29, 1.82) is 0 Å². The second-order valence-corrected chi connectivity index (χ2v) is 4.90. The summed E-state index contributed by atoms with van der Waals surface area (Å²) in [6.45, 7) is -0.122. The Hall–Kier alpha value is -2.59. The normalized spacial score (nSPS) is 10.4. The second-order valence-electron chi connectivity index (χ2n) is 4.49. The van der Waals surface area contributed by atoms with Gasteiger partial charge in [-0.2, -0.15) is 0 Å². The minimum absolute atomic E-state index is 0.122. The molecule has 4 nitrogen and oxygen atoms in total. The van der Waals surface area contributed by atoms with Gasteiger partial charge in [0, 0.05) is 6.08 Å². The Balaban J connectivity index is 1.80. The van der Waals surface area contributed by atoms with E-state index >= 15 is 0 Å². The van der Waals surface area contributed by atoms with Crippen molar-refractivity contribution < 1.29 is 9.59 Å². The van der Waals surface area contributed by atoms with Gasteiger partial charge in [-0.25, -0.2) is 0 Å². The third-order valence-electron chi connectivity index (χ3n) is 2.80. The SMILES string of the molecule is O=C(/C=C/c1ccccc1)NCC(=O)Nc1ccccc1Cl. The van der Waals surface area contributed by atoms with Gasteiger partial charge in [0.1, 0.15) is 0 Å². The van der Waals surface area contributed by atoms with Crippen LogP contribution in [0, 0.1) is 0 Å². The van der Waals surface area contributed by atoms with E-state index in [-0.39, 0.29) is 18.4 Å². The summed E-state index contributed by atoms with van der Waals surface area (Å²) < 4.78 is 0. The zero-order chi connectivity index (χ0) is 15.8. The van der Waals surface area contributed by atoms with E-state index in [1.807, 2.05) is 30.3 Å². The summed E-state index contributed by atoms with van der Waals surface area (Å²) in [6.07, 6.45) is 3.07. The van der Waals surface area contributed by atoms with E-state index in [0.29, 0.717) is 10.7 Å². The smallest absolute Gasteiger partial charge is 0.244 e. The zero-order valence-corrected chi connectivity index (χ0v) is 12.5. The molecule has 0 atom stereocenters. The molecule has 0 spiro atoms. The summed E-state index contributed by atoms with van der Waals surface area (Å²) in [5.41, 5.74) is 1.43. The number of carbonyl (C=O) groups is 2. The second kappa shape index (κ2) is 8.00. The van der Waals surface area contributed by atoms with Crippen LogP contribution in [0.25, 0.3) is 6.08 Å². The first-order valence-electron chi connectivity index (χ1n) is 6.70. The predicted octanol–water partition coefficient (Wildman–Crippen LogP) is 3.11. The van der Waals surface area contributed by atoms with E-state index in [1.165, 1.54) is 6.08 Å². The monoisotopic (exact) mass is 314 g/mol. The van der Waals surface area contributed by atoms with Crippen LogP contribution in [-0.2, 0) is 9.59 Å². The lowest BCUT2D eigenvalue weighted by atomic mass is 10.2. The Labute approximate surface area is 133 Å². The van der Waals surface area contributed by atoms with Crippen LogP contribution in [-0.4, -0.2) is 18.4 Å². The number of rotatable bonds is 5. The Morgan fingerprint density at radius 1 is 1.00 bits per heavy atom. The molecule has 2 rings (SSSR count). The topological polar surface area (TPSA) is 58.2 Å². The standard InChI is InChI=1S/C17H15ClN2O2/c18-14-8-4-5-9-15(14)20-17(22)12-19-16(21)11-10-13-6-2-1-3-7-13/h1-11H,12H2,(H,19,21)(H,20,22)/b11-10+. The van der Waals surface area contributed by atoms with E-state index in [2.05, 4.69) is 10.6 Å². The Kier molecular flexibility index (Phi) is 5.74. The Morgan fingerprint density at radius 3 is 2.41 bits per heavy atom. The Bertz CT molecular complexity index is 684. The van der Waals surface area contributed by atoms with Gasteiger partial charge in [-0.15, -0.1) is 0 Å². The molecular formula is C17H15ClN2O2. The molecule has 2 aromatic carbocycles. The minimum Gasteiger partial charge on any atom is -0.343 e. The van der Waals surface area contributed by atoms with Crippen LogP contribution < -0.4 is 10.6 Å². The van der Waals surface area contributed by atoms with Crippen LogP contribution in [0.5, 0.6) is 0 Å². The molecule has 0 heterocycles. The van der Waals surface area contributed by atoms with Crippen LogP contribution in [0.1, 0.15) is 5.56 Å². The first kappa shape index (κ1) is 15.8. The van der Waals surface area contributed by atoms with Gasteiger partial charge >= 0.3 is 0 Å². The average Bonchev–Trinajstić information content (AvgIpc) is 2.54. The lowest BCUT2D eigenvalue weighted by Crippen LogP contribution is -2.31. The fourth-order valence-corrected chi connectivity index (χ4v) is 1.90. The lowest BCUT2D eigenvalue weighted by molar-refractivity contribution is -0.121. The molecule has 0 aliphatic rings. The summed E-state index contributed by atoms with van der Waals surface area (Å²) in [6, 6.07) is 16.3. The molecule has 22 heavy (non-hydrogen) atoms. The molecule has 2 amide bonds. The quantitative estimate of drug-likeness (QED) is 0.833. The van der Waals surface area contributed by atoms with E-state index in [9.17, 15) is 9.59 Å². The van der Waals surface area contributed by atoms with Gasteiger partial charge in [-0.05, 0) is 23.8 Å². The number of hydrogen-bond donors (Lipinski definition) is 2. The third kappa shape index (κ3) is 5.07. The first-order chi connectivity index (χ1) is 10.6. The summed E-state index contributed by atoms with van der Waals surface area (Å²) in [4.78, 5) is 23.4. The van der Waals surface area contributed by atoms with Crippen LogP contribution >= 0.6 is 11.6 Å². The van der Waals surface area contributed by atoms with Gasteiger partial charge in [0.15, 0.2) is 0 Å². The zero-order valence-electron chi connectivity index (χ0n) is 11.8. The van der Waals surface area contributed by atoms with Crippen LogP contribution in [0.4, 0.5) is 5.69 Å². The van der Waals surface area contributed by atoms with Gasteiger partial charge in [0.2, 0.25) is 11.8 Å². The molecule has 2 aromatic rings. The summed E-state index contributed by atoms with van der Waals surface area (Å²) >= 11 is 5.94. The van der Waals surface area contributed by atoms with Crippen molar-refractivity contribution in [3.8, 4) is 0 Å². The predicted molar refractivity (Wildman–Crippen MR) is 88.6 cm³/mol. The average molecular weight is 315 g/mol. The van der Waals surface area contributed by atoms with E-state index < -0.39 is 0 Å². The molecule has 0 bridgehead atoms. The maximum atomic E-state index is 11.7. The number of nitrogens with one attached hydrogen (secondary N) is 2. The molecule has 0 saturated carbocycles. The minimum atomic E-state index is -0.338. The van der Waals surface area contributed by atoms with Crippen molar-refractivity contribution in [2.75, 3.05) is 11.9 Å². The Morgan fingerprint density at radius 2 is 1.68 bits per heavy atom. The summed E-state index contributed by atoms with van der Waals surface area (Å²) in [5.74, 6) is -0.673. The number of hydrogen-bond acceptors (Lipinski definition) is 2. The molecule has 0 fully saturated rings. The summed E-state index contributed by atoms with van der Waals surface area (Å²) in [7, 11) is 0. The van der Waals surface area contributed by atoms with Gasteiger partial charge in [0.05, 0.1) is 17.3 Å². The highest BCUT2D eigenvalue weighted by Gasteiger charge is 2.06. The maximum Gasteiger partial charge on any atom is 0.244 e. The molecule has 0 radical (unpaired) electrons. The number of benzene rings is 2. The molecule has 0 unspecified atom stereocenters. The molecule has 0 aliphatic carbocycles. The molecule has 0 saturated heterocycles. The molecule has 0 aromatic heterocycles. The number of carbonyl (C=O) groups excluding carboxylic acids is 2. The van der Waals surface area contributed by atoms with Crippen molar-refractivity contribution >= 4 is 35.2 Å².